The number of nitrogen functional groups attached to an aromatic ring is 1. The summed E-state index contributed by atoms with van der Waals surface area (Å²) in [7, 11) is 3.11. The van der Waals surface area contributed by atoms with Crippen molar-refractivity contribution in [2.75, 3.05) is 19.3 Å². The van der Waals surface area contributed by atoms with Gasteiger partial charge in [0.05, 0.1) is 6.54 Å². The fraction of sp³-hybridized carbons (Fsp3) is 0.421. The van der Waals surface area contributed by atoms with E-state index in [9.17, 15) is 14.4 Å². The van der Waals surface area contributed by atoms with Crippen LogP contribution in [0.1, 0.15) is 29.8 Å². The number of likely N-dealkylation sites (N-methyl/N-ethyl adjacent to an activating group) is 1. The summed E-state index contributed by atoms with van der Waals surface area (Å²) in [6.07, 6.45) is 0. The monoisotopic (exact) mass is 392 g/mol. The molecule has 0 amide bonds. The molecule has 8 heteroatoms. The normalized spacial score (nSPS) is 11.4. The first-order chi connectivity index (χ1) is 12.6. The van der Waals surface area contributed by atoms with Crippen LogP contribution in [0.2, 0.25) is 5.02 Å². The number of anilines is 1. The number of benzene rings is 1. The first kappa shape index (κ1) is 20.9. The molecule has 27 heavy (non-hydrogen) atoms. The Balaban J connectivity index is 2.33. The van der Waals surface area contributed by atoms with Gasteiger partial charge >= 0.3 is 5.69 Å². The minimum absolute atomic E-state index is 0.0233. The third-order valence-corrected chi connectivity index (χ3v) is 4.59. The highest BCUT2D eigenvalue weighted by molar-refractivity contribution is 6.31. The summed E-state index contributed by atoms with van der Waals surface area (Å²) in [5.41, 5.74) is 5.58. The van der Waals surface area contributed by atoms with Gasteiger partial charge in [-0.25, -0.2) is 4.79 Å². The highest BCUT2D eigenvalue weighted by atomic mass is 35.5. The molecule has 1 aromatic carbocycles. The fourth-order valence-corrected chi connectivity index (χ4v) is 3.08. The lowest BCUT2D eigenvalue weighted by Crippen LogP contribution is -2.44. The van der Waals surface area contributed by atoms with Crippen LogP contribution in [0.25, 0.3) is 0 Å². The van der Waals surface area contributed by atoms with E-state index >= 15 is 0 Å². The van der Waals surface area contributed by atoms with Gasteiger partial charge in [0.2, 0.25) is 0 Å². The number of nitrogens with zero attached hydrogens (tertiary/aromatic N) is 3. The molecule has 0 aliphatic heterocycles. The Hall–Kier alpha value is -2.38. The number of Topliss-reactive ketones (excluding diaryl/α,β-unsaturated/α-hetero) is 1. The first-order valence-corrected chi connectivity index (χ1v) is 9.05. The zero-order valence-corrected chi connectivity index (χ0v) is 16.8. The van der Waals surface area contributed by atoms with E-state index in [1.165, 1.54) is 11.6 Å². The third kappa shape index (κ3) is 4.67. The molecule has 146 valence electrons. The summed E-state index contributed by atoms with van der Waals surface area (Å²) in [5.74, 6) is -0.374. The standard InChI is InChI=1S/C19H25ClN4O3/c1-12(2)9-24-17(21)16(18(26)23(4)19(24)27)15(25)11-22(3)10-13-7-5-6-8-14(13)20/h5-8,12H,9-11,21H2,1-4H3. The van der Waals surface area contributed by atoms with Crippen molar-refractivity contribution in [3.8, 4) is 0 Å². The summed E-state index contributed by atoms with van der Waals surface area (Å²) in [5, 5.41) is 0.609. The van der Waals surface area contributed by atoms with Gasteiger partial charge in [-0.05, 0) is 24.6 Å². The number of rotatable bonds is 7. The number of aromatic nitrogens is 2. The van der Waals surface area contributed by atoms with Crippen LogP contribution in [0.5, 0.6) is 0 Å². The Kier molecular flexibility index (Phi) is 6.62. The molecule has 2 rings (SSSR count). The summed E-state index contributed by atoms with van der Waals surface area (Å²) in [6.45, 7) is 4.60. The van der Waals surface area contributed by atoms with E-state index in [1.54, 1.807) is 18.0 Å². The molecule has 0 unspecified atom stereocenters. The smallest absolute Gasteiger partial charge is 0.332 e. The summed E-state index contributed by atoms with van der Waals surface area (Å²) in [6, 6.07) is 7.35. The van der Waals surface area contributed by atoms with E-state index < -0.39 is 17.0 Å². The van der Waals surface area contributed by atoms with Crippen LogP contribution in [0.3, 0.4) is 0 Å². The largest absolute Gasteiger partial charge is 0.384 e. The van der Waals surface area contributed by atoms with Gasteiger partial charge in [-0.3, -0.25) is 23.6 Å². The van der Waals surface area contributed by atoms with Crippen LogP contribution in [-0.2, 0) is 20.1 Å². The van der Waals surface area contributed by atoms with Gasteiger partial charge in [0, 0.05) is 25.2 Å². The van der Waals surface area contributed by atoms with Crippen molar-refractivity contribution in [3.05, 3.63) is 61.3 Å². The molecule has 0 aliphatic rings. The van der Waals surface area contributed by atoms with Gasteiger partial charge < -0.3 is 5.73 Å². The van der Waals surface area contributed by atoms with Crippen LogP contribution in [-0.4, -0.2) is 33.4 Å². The Morgan fingerprint density at radius 2 is 1.89 bits per heavy atom. The first-order valence-electron chi connectivity index (χ1n) is 8.67. The van der Waals surface area contributed by atoms with Gasteiger partial charge in [0.15, 0.2) is 5.78 Å². The Labute approximate surface area is 163 Å². The van der Waals surface area contributed by atoms with E-state index in [4.69, 9.17) is 17.3 Å². The maximum Gasteiger partial charge on any atom is 0.332 e. The van der Waals surface area contributed by atoms with Crippen LogP contribution in [0.4, 0.5) is 5.82 Å². The van der Waals surface area contributed by atoms with E-state index in [0.717, 1.165) is 10.1 Å². The molecule has 2 aromatic rings. The van der Waals surface area contributed by atoms with Crippen molar-refractivity contribution in [1.82, 2.24) is 14.0 Å². The van der Waals surface area contributed by atoms with Gasteiger partial charge in [0.25, 0.3) is 5.56 Å². The molecule has 0 bridgehead atoms. The lowest BCUT2D eigenvalue weighted by atomic mass is 10.1. The molecule has 0 saturated heterocycles. The second-order valence-corrected chi connectivity index (χ2v) is 7.51. The van der Waals surface area contributed by atoms with Gasteiger partial charge in [-0.1, -0.05) is 43.6 Å². The van der Waals surface area contributed by atoms with Crippen molar-refractivity contribution in [1.29, 1.82) is 0 Å². The molecular formula is C19H25ClN4O3. The van der Waals surface area contributed by atoms with Gasteiger partial charge in [-0.2, -0.15) is 0 Å². The fourth-order valence-electron chi connectivity index (χ4n) is 2.88. The number of halogens is 1. The number of hydrogen-bond acceptors (Lipinski definition) is 5. The van der Waals surface area contributed by atoms with Crippen LogP contribution < -0.4 is 17.0 Å². The predicted molar refractivity (Wildman–Crippen MR) is 107 cm³/mol. The topological polar surface area (TPSA) is 90.3 Å². The Bertz CT molecular complexity index is 962. The summed E-state index contributed by atoms with van der Waals surface area (Å²) in [4.78, 5) is 39.4. The highest BCUT2D eigenvalue weighted by Gasteiger charge is 2.23. The molecule has 2 N–H and O–H groups in total. The summed E-state index contributed by atoms with van der Waals surface area (Å²) >= 11 is 6.16. The molecule has 0 radical (unpaired) electrons. The van der Waals surface area contributed by atoms with Crippen molar-refractivity contribution in [2.24, 2.45) is 13.0 Å². The zero-order chi connectivity index (χ0) is 20.3. The lowest BCUT2D eigenvalue weighted by Gasteiger charge is -2.19. The highest BCUT2D eigenvalue weighted by Crippen LogP contribution is 2.17. The maximum atomic E-state index is 12.8. The number of carbonyl (C=O) groups is 1. The molecular weight excluding hydrogens is 368 g/mol. The molecule has 0 aliphatic carbocycles. The van der Waals surface area contributed by atoms with Crippen LogP contribution in [0.15, 0.2) is 33.9 Å². The SMILES string of the molecule is CC(C)Cn1c(N)c(C(=O)CN(C)Cc2ccccc2Cl)c(=O)n(C)c1=O. The molecule has 0 spiro atoms. The predicted octanol–water partition coefficient (Wildman–Crippen LogP) is 1.75. The van der Waals surface area contributed by atoms with E-state index in [1.807, 2.05) is 32.0 Å². The number of carbonyl (C=O) groups excluding carboxylic acids is 1. The van der Waals surface area contributed by atoms with Crippen molar-refractivity contribution >= 4 is 23.2 Å². The Morgan fingerprint density at radius 3 is 2.48 bits per heavy atom. The quantitative estimate of drug-likeness (QED) is 0.725. The van der Waals surface area contributed by atoms with E-state index in [0.29, 0.717) is 18.1 Å². The van der Waals surface area contributed by atoms with Crippen molar-refractivity contribution < 1.29 is 4.79 Å². The maximum absolute atomic E-state index is 12.8. The average molecular weight is 393 g/mol. The number of nitrogens with two attached hydrogens (primary N) is 1. The van der Waals surface area contributed by atoms with Gasteiger partial charge in [-0.15, -0.1) is 0 Å². The molecule has 0 atom stereocenters. The molecule has 1 aromatic heterocycles. The number of ketones is 1. The average Bonchev–Trinajstić information content (AvgIpc) is 2.59. The molecule has 7 nitrogen and oxygen atoms in total. The molecule has 1 heterocycles. The molecule has 0 saturated carbocycles. The van der Waals surface area contributed by atoms with Gasteiger partial charge in [0.1, 0.15) is 11.4 Å². The summed E-state index contributed by atoms with van der Waals surface area (Å²) < 4.78 is 2.22. The van der Waals surface area contributed by atoms with E-state index in [-0.39, 0.29) is 23.8 Å². The van der Waals surface area contributed by atoms with Crippen LogP contribution in [0, 0.1) is 5.92 Å². The zero-order valence-electron chi connectivity index (χ0n) is 16.0. The second-order valence-electron chi connectivity index (χ2n) is 7.10. The second kappa shape index (κ2) is 8.54. The van der Waals surface area contributed by atoms with Crippen LogP contribution >= 0.6 is 11.6 Å². The van der Waals surface area contributed by atoms with Crippen molar-refractivity contribution in [3.63, 3.8) is 0 Å². The minimum Gasteiger partial charge on any atom is -0.384 e. The minimum atomic E-state index is -0.673. The Morgan fingerprint density at radius 1 is 1.26 bits per heavy atom. The lowest BCUT2D eigenvalue weighted by molar-refractivity contribution is 0.0941. The number of hydrogen-bond donors (Lipinski definition) is 1. The third-order valence-electron chi connectivity index (χ3n) is 4.22. The van der Waals surface area contributed by atoms with Crippen molar-refractivity contribution in [2.45, 2.75) is 26.9 Å². The molecule has 0 fully saturated rings. The van der Waals surface area contributed by atoms with E-state index in [2.05, 4.69) is 0 Å².